The summed E-state index contributed by atoms with van der Waals surface area (Å²) in [5, 5.41) is 6.64. The molecule has 1 aliphatic rings. The molecule has 23 heavy (non-hydrogen) atoms. The number of nitrogens with zero attached hydrogens (tertiary/aromatic N) is 2. The topological polar surface area (TPSA) is 103 Å². The molecule has 0 aliphatic heterocycles. The lowest BCUT2D eigenvalue weighted by Gasteiger charge is -2.34. The maximum atomic E-state index is 12.0. The van der Waals surface area contributed by atoms with E-state index < -0.39 is 5.54 Å². The molecule has 1 aliphatic carbocycles. The zero-order valence-electron chi connectivity index (χ0n) is 12.7. The van der Waals surface area contributed by atoms with E-state index in [9.17, 15) is 4.79 Å². The van der Waals surface area contributed by atoms with E-state index in [1.54, 1.807) is 31.4 Å². The van der Waals surface area contributed by atoms with Crippen LogP contribution in [0.25, 0.3) is 0 Å². The van der Waals surface area contributed by atoms with Crippen LogP contribution in [0.3, 0.4) is 0 Å². The molecular formula is C15H19ClN4O3. The van der Waals surface area contributed by atoms with E-state index in [1.807, 2.05) is 0 Å². The highest BCUT2D eigenvalue weighted by molar-refractivity contribution is 5.94. The molecule has 0 spiro atoms. The lowest BCUT2D eigenvalue weighted by Crippen LogP contribution is -2.44. The fraction of sp³-hybridized carbons (Fsp3) is 0.400. The van der Waals surface area contributed by atoms with Crippen LogP contribution in [0.5, 0.6) is 5.75 Å². The highest BCUT2D eigenvalue weighted by Crippen LogP contribution is 2.36. The second-order valence-corrected chi connectivity index (χ2v) is 5.43. The number of nitrogens with two attached hydrogens (primary N) is 1. The number of halogens is 1. The van der Waals surface area contributed by atoms with Gasteiger partial charge in [0.25, 0.3) is 5.91 Å². The molecule has 1 saturated carbocycles. The molecule has 8 heteroatoms. The van der Waals surface area contributed by atoms with Crippen molar-refractivity contribution in [1.29, 1.82) is 0 Å². The number of aromatic nitrogens is 2. The Labute approximate surface area is 140 Å². The first-order valence-corrected chi connectivity index (χ1v) is 7.15. The lowest BCUT2D eigenvalue weighted by atomic mass is 9.77. The van der Waals surface area contributed by atoms with Crippen molar-refractivity contribution in [3.63, 3.8) is 0 Å². The van der Waals surface area contributed by atoms with Crippen molar-refractivity contribution < 1.29 is 14.1 Å². The molecule has 3 N–H and O–H groups in total. The monoisotopic (exact) mass is 338 g/mol. The molecule has 7 nitrogen and oxygen atoms in total. The number of carbonyl (C=O) groups is 1. The van der Waals surface area contributed by atoms with Gasteiger partial charge in [0.05, 0.1) is 19.2 Å². The van der Waals surface area contributed by atoms with Crippen molar-refractivity contribution in [2.24, 2.45) is 5.73 Å². The van der Waals surface area contributed by atoms with Gasteiger partial charge in [0.1, 0.15) is 5.75 Å². The van der Waals surface area contributed by atoms with E-state index in [1.165, 1.54) is 0 Å². The van der Waals surface area contributed by atoms with Gasteiger partial charge in [-0.25, -0.2) is 0 Å². The van der Waals surface area contributed by atoms with E-state index in [2.05, 4.69) is 15.5 Å². The van der Waals surface area contributed by atoms with Gasteiger partial charge in [-0.2, -0.15) is 4.98 Å². The minimum atomic E-state index is -0.457. The van der Waals surface area contributed by atoms with Crippen molar-refractivity contribution in [2.45, 2.75) is 31.3 Å². The number of nitrogens with one attached hydrogen (secondary N) is 1. The molecule has 1 heterocycles. The van der Waals surface area contributed by atoms with Crippen molar-refractivity contribution in [1.82, 2.24) is 15.5 Å². The largest absolute Gasteiger partial charge is 0.497 e. The minimum Gasteiger partial charge on any atom is -0.497 e. The van der Waals surface area contributed by atoms with Crippen LogP contribution in [0.2, 0.25) is 0 Å². The van der Waals surface area contributed by atoms with Crippen molar-refractivity contribution in [3.8, 4) is 5.75 Å². The van der Waals surface area contributed by atoms with Gasteiger partial charge < -0.3 is 20.3 Å². The Morgan fingerprint density at radius 2 is 2.09 bits per heavy atom. The molecule has 0 bridgehead atoms. The summed E-state index contributed by atoms with van der Waals surface area (Å²) in [6.45, 7) is 0.175. The minimum absolute atomic E-state index is 0. The molecule has 0 saturated heterocycles. The van der Waals surface area contributed by atoms with Gasteiger partial charge in [0, 0.05) is 5.56 Å². The molecule has 0 atom stereocenters. The van der Waals surface area contributed by atoms with E-state index in [4.69, 9.17) is 15.0 Å². The lowest BCUT2D eigenvalue weighted by molar-refractivity contribution is 0.0946. The number of amides is 1. The molecule has 1 aromatic heterocycles. The standard InChI is InChI=1S/C15H18N4O3.ClH/c1-21-11-5-3-10(4-6-11)13(20)17-9-12-18-14(19-22-12)15(16)7-2-8-15;/h3-6H,2,7-9,16H2,1H3,(H,17,20);1H. The van der Waals surface area contributed by atoms with Crippen LogP contribution in [0.4, 0.5) is 0 Å². The molecular weight excluding hydrogens is 320 g/mol. The van der Waals surface area contributed by atoms with Gasteiger partial charge in [-0.15, -0.1) is 12.4 Å². The number of benzene rings is 1. The van der Waals surface area contributed by atoms with Gasteiger partial charge in [-0.1, -0.05) is 5.16 Å². The molecule has 2 aromatic rings. The van der Waals surface area contributed by atoms with Crippen molar-refractivity contribution in [3.05, 3.63) is 41.5 Å². The van der Waals surface area contributed by atoms with Gasteiger partial charge >= 0.3 is 0 Å². The average molecular weight is 339 g/mol. The average Bonchev–Trinajstić information content (AvgIpc) is 2.99. The second kappa shape index (κ2) is 6.97. The fourth-order valence-corrected chi connectivity index (χ4v) is 2.31. The molecule has 0 unspecified atom stereocenters. The SMILES string of the molecule is COc1ccc(C(=O)NCc2nc(C3(N)CCC3)no2)cc1.Cl. The van der Waals surface area contributed by atoms with Crippen LogP contribution in [0.1, 0.15) is 41.3 Å². The summed E-state index contributed by atoms with van der Waals surface area (Å²) in [5.74, 6) is 1.36. The Balaban J connectivity index is 0.00000192. The zero-order chi connectivity index (χ0) is 15.6. The quantitative estimate of drug-likeness (QED) is 0.861. The van der Waals surface area contributed by atoms with Crippen LogP contribution >= 0.6 is 12.4 Å². The summed E-state index contributed by atoms with van der Waals surface area (Å²) in [6, 6.07) is 6.84. The maximum Gasteiger partial charge on any atom is 0.251 e. The smallest absolute Gasteiger partial charge is 0.251 e. The van der Waals surface area contributed by atoms with Crippen LogP contribution < -0.4 is 15.8 Å². The summed E-state index contributed by atoms with van der Waals surface area (Å²) in [4.78, 5) is 16.3. The Morgan fingerprint density at radius 1 is 1.39 bits per heavy atom. The first-order chi connectivity index (χ1) is 10.6. The van der Waals surface area contributed by atoms with E-state index >= 15 is 0 Å². The van der Waals surface area contributed by atoms with Crippen molar-refractivity contribution in [2.75, 3.05) is 7.11 Å². The highest BCUT2D eigenvalue weighted by atomic mass is 35.5. The summed E-state index contributed by atoms with van der Waals surface area (Å²) < 4.78 is 10.2. The van der Waals surface area contributed by atoms with E-state index in [0.29, 0.717) is 23.0 Å². The Bertz CT molecular complexity index is 668. The maximum absolute atomic E-state index is 12.0. The van der Waals surface area contributed by atoms with Crippen LogP contribution in [0, 0.1) is 0 Å². The number of hydrogen-bond acceptors (Lipinski definition) is 6. The van der Waals surface area contributed by atoms with Gasteiger partial charge in [0.2, 0.25) is 5.89 Å². The Kier molecular flexibility index (Phi) is 5.23. The summed E-state index contributed by atoms with van der Waals surface area (Å²) in [5.41, 5.74) is 6.21. The second-order valence-electron chi connectivity index (χ2n) is 5.43. The highest BCUT2D eigenvalue weighted by Gasteiger charge is 2.38. The first-order valence-electron chi connectivity index (χ1n) is 7.15. The number of hydrogen-bond donors (Lipinski definition) is 2. The molecule has 3 rings (SSSR count). The summed E-state index contributed by atoms with van der Waals surface area (Å²) in [6.07, 6.45) is 2.81. The van der Waals surface area contributed by atoms with E-state index in [-0.39, 0.29) is 24.9 Å². The number of carbonyl (C=O) groups excluding carboxylic acids is 1. The number of methoxy groups -OCH3 is 1. The fourth-order valence-electron chi connectivity index (χ4n) is 2.31. The van der Waals surface area contributed by atoms with Crippen LogP contribution in [0.15, 0.2) is 28.8 Å². The molecule has 1 amide bonds. The Morgan fingerprint density at radius 3 is 2.65 bits per heavy atom. The van der Waals surface area contributed by atoms with Gasteiger partial charge in [0.15, 0.2) is 5.82 Å². The predicted molar refractivity (Wildman–Crippen MR) is 85.4 cm³/mol. The zero-order valence-corrected chi connectivity index (χ0v) is 13.6. The summed E-state index contributed by atoms with van der Waals surface area (Å²) in [7, 11) is 1.58. The predicted octanol–water partition coefficient (Wildman–Crippen LogP) is 1.77. The van der Waals surface area contributed by atoms with E-state index in [0.717, 1.165) is 19.3 Å². The molecule has 1 fully saturated rings. The molecule has 124 valence electrons. The number of rotatable bonds is 5. The molecule has 0 radical (unpaired) electrons. The summed E-state index contributed by atoms with van der Waals surface area (Å²) >= 11 is 0. The molecule has 1 aromatic carbocycles. The normalized spacial score (nSPS) is 15.2. The van der Waals surface area contributed by atoms with Crippen molar-refractivity contribution >= 4 is 18.3 Å². The van der Waals surface area contributed by atoms with Crippen LogP contribution in [-0.4, -0.2) is 23.2 Å². The Hall–Kier alpha value is -2.12. The van der Waals surface area contributed by atoms with Gasteiger partial charge in [-0.3, -0.25) is 4.79 Å². The van der Waals surface area contributed by atoms with Crippen LogP contribution in [-0.2, 0) is 12.1 Å². The third-order valence-corrected chi connectivity index (χ3v) is 3.91. The van der Waals surface area contributed by atoms with Gasteiger partial charge in [-0.05, 0) is 43.5 Å². The first kappa shape index (κ1) is 17.2. The third kappa shape index (κ3) is 3.62. The number of ether oxygens (including phenoxy) is 1. The third-order valence-electron chi connectivity index (χ3n) is 3.91.